The normalized spacial score (nSPS) is 10.4. The van der Waals surface area contributed by atoms with Crippen molar-refractivity contribution in [1.82, 2.24) is 0 Å². The van der Waals surface area contributed by atoms with Crippen molar-refractivity contribution in [3.63, 3.8) is 0 Å². The van der Waals surface area contributed by atoms with E-state index >= 15 is 0 Å². The lowest BCUT2D eigenvalue weighted by molar-refractivity contribution is 0.102. The fourth-order valence-corrected chi connectivity index (χ4v) is 3.04. The Bertz CT molecular complexity index is 654. The van der Waals surface area contributed by atoms with E-state index in [4.69, 9.17) is 0 Å². The van der Waals surface area contributed by atoms with Crippen LogP contribution >= 0.6 is 15.9 Å². The summed E-state index contributed by atoms with van der Waals surface area (Å²) in [6.45, 7) is 8.00. The van der Waals surface area contributed by atoms with Gasteiger partial charge in [-0.15, -0.1) is 0 Å². The second-order valence-electron chi connectivity index (χ2n) is 5.21. The quantitative estimate of drug-likeness (QED) is 0.830. The van der Waals surface area contributed by atoms with E-state index in [0.29, 0.717) is 0 Å². The molecule has 104 valence electrons. The number of benzene rings is 2. The van der Waals surface area contributed by atoms with Crippen LogP contribution in [0, 0.1) is 27.7 Å². The molecular weight excluding hydrogens is 314 g/mol. The third-order valence-electron chi connectivity index (χ3n) is 3.28. The number of hydrogen-bond acceptors (Lipinski definition) is 1. The first-order valence-electron chi connectivity index (χ1n) is 6.54. The molecule has 0 saturated carbocycles. The maximum absolute atomic E-state index is 12.5. The predicted octanol–water partition coefficient (Wildman–Crippen LogP) is 4.94. The second kappa shape index (κ2) is 5.80. The zero-order valence-corrected chi connectivity index (χ0v) is 13.8. The molecule has 0 fully saturated rings. The molecule has 0 spiro atoms. The Hall–Kier alpha value is -1.61. The molecule has 3 heteroatoms. The Morgan fingerprint density at radius 1 is 0.950 bits per heavy atom. The average Bonchev–Trinajstić information content (AvgIpc) is 2.31. The molecule has 0 aliphatic rings. The topological polar surface area (TPSA) is 29.1 Å². The van der Waals surface area contributed by atoms with Crippen LogP contribution in [0.2, 0.25) is 0 Å². The minimum Gasteiger partial charge on any atom is -0.321 e. The van der Waals surface area contributed by atoms with Crippen molar-refractivity contribution in [3.05, 3.63) is 62.6 Å². The first-order valence-corrected chi connectivity index (χ1v) is 7.33. The van der Waals surface area contributed by atoms with Crippen LogP contribution < -0.4 is 5.32 Å². The van der Waals surface area contributed by atoms with Crippen molar-refractivity contribution in [2.45, 2.75) is 27.7 Å². The zero-order valence-electron chi connectivity index (χ0n) is 12.2. The Balaban J connectivity index is 2.33. The van der Waals surface area contributed by atoms with Gasteiger partial charge in [-0.05, 0) is 72.4 Å². The van der Waals surface area contributed by atoms with Crippen molar-refractivity contribution < 1.29 is 4.79 Å². The van der Waals surface area contributed by atoms with Gasteiger partial charge in [-0.25, -0.2) is 0 Å². The summed E-state index contributed by atoms with van der Waals surface area (Å²) >= 11 is 3.48. The molecule has 2 rings (SSSR count). The molecule has 1 amide bonds. The zero-order chi connectivity index (χ0) is 14.9. The van der Waals surface area contributed by atoms with Crippen molar-refractivity contribution in [1.29, 1.82) is 0 Å². The van der Waals surface area contributed by atoms with E-state index in [-0.39, 0.29) is 5.91 Å². The summed E-state index contributed by atoms with van der Waals surface area (Å²) in [6, 6.07) is 9.95. The lowest BCUT2D eigenvalue weighted by Gasteiger charge is -2.13. The molecule has 0 radical (unpaired) electrons. The molecule has 0 saturated heterocycles. The average molecular weight is 332 g/mol. The van der Waals surface area contributed by atoms with Gasteiger partial charge in [0.05, 0.1) is 5.69 Å². The highest BCUT2D eigenvalue weighted by atomic mass is 79.9. The van der Waals surface area contributed by atoms with Crippen molar-refractivity contribution >= 4 is 27.5 Å². The minimum atomic E-state index is -0.0652. The molecule has 0 aromatic heterocycles. The molecule has 2 aromatic carbocycles. The Morgan fingerprint density at radius 3 is 2.10 bits per heavy atom. The highest BCUT2D eigenvalue weighted by Crippen LogP contribution is 2.25. The third-order valence-corrected chi connectivity index (χ3v) is 3.93. The number of halogens is 1. The van der Waals surface area contributed by atoms with Gasteiger partial charge in [-0.3, -0.25) is 4.79 Å². The standard InChI is InChI=1S/C17H18BrNO/c1-10-5-6-15(14(18)9-10)19-17(20)16-12(3)7-11(2)8-13(16)4/h5-9H,1-4H3,(H,19,20). The van der Waals surface area contributed by atoms with E-state index in [1.165, 1.54) is 5.56 Å². The molecule has 2 nitrogen and oxygen atoms in total. The molecule has 0 unspecified atom stereocenters. The van der Waals surface area contributed by atoms with Crippen LogP contribution in [-0.4, -0.2) is 5.91 Å². The predicted molar refractivity (Wildman–Crippen MR) is 87.5 cm³/mol. The molecule has 0 aliphatic carbocycles. The molecule has 0 atom stereocenters. The SMILES string of the molecule is Cc1cc(C)c(C(=O)Nc2ccc(C)cc2Br)c(C)c1. The van der Waals surface area contributed by atoms with Gasteiger partial charge in [0.25, 0.3) is 5.91 Å². The monoisotopic (exact) mass is 331 g/mol. The fourth-order valence-electron chi connectivity index (χ4n) is 2.44. The molecule has 0 heterocycles. The number of nitrogens with one attached hydrogen (secondary N) is 1. The van der Waals surface area contributed by atoms with Crippen LogP contribution in [0.15, 0.2) is 34.8 Å². The van der Waals surface area contributed by atoms with Gasteiger partial charge in [0.1, 0.15) is 0 Å². The summed E-state index contributed by atoms with van der Waals surface area (Å²) in [5, 5.41) is 2.97. The van der Waals surface area contributed by atoms with E-state index in [2.05, 4.69) is 21.2 Å². The summed E-state index contributed by atoms with van der Waals surface area (Å²) < 4.78 is 0.897. The Labute approximate surface area is 128 Å². The number of carbonyl (C=O) groups is 1. The smallest absolute Gasteiger partial charge is 0.256 e. The second-order valence-corrected chi connectivity index (χ2v) is 6.07. The molecule has 0 aliphatic heterocycles. The molecule has 20 heavy (non-hydrogen) atoms. The van der Waals surface area contributed by atoms with Gasteiger partial charge in [-0.2, -0.15) is 0 Å². The fraction of sp³-hybridized carbons (Fsp3) is 0.235. The number of rotatable bonds is 2. The minimum absolute atomic E-state index is 0.0652. The van der Waals surface area contributed by atoms with Crippen LogP contribution in [0.4, 0.5) is 5.69 Å². The third kappa shape index (κ3) is 3.10. The number of carbonyl (C=O) groups excluding carboxylic acids is 1. The van der Waals surface area contributed by atoms with Gasteiger partial charge >= 0.3 is 0 Å². The van der Waals surface area contributed by atoms with Crippen molar-refractivity contribution in [3.8, 4) is 0 Å². The van der Waals surface area contributed by atoms with Gasteiger partial charge in [0.2, 0.25) is 0 Å². The Kier molecular flexibility index (Phi) is 4.29. The summed E-state index contributed by atoms with van der Waals surface area (Å²) in [5.74, 6) is -0.0652. The van der Waals surface area contributed by atoms with E-state index < -0.39 is 0 Å². The lowest BCUT2D eigenvalue weighted by Crippen LogP contribution is -2.15. The van der Waals surface area contributed by atoms with E-state index in [1.54, 1.807) is 0 Å². The highest BCUT2D eigenvalue weighted by Gasteiger charge is 2.14. The van der Waals surface area contributed by atoms with E-state index in [0.717, 1.165) is 32.4 Å². The summed E-state index contributed by atoms with van der Waals surface area (Å²) in [7, 11) is 0. The van der Waals surface area contributed by atoms with Gasteiger partial charge in [0, 0.05) is 10.0 Å². The molecule has 1 N–H and O–H groups in total. The first-order chi connectivity index (χ1) is 9.38. The number of aryl methyl sites for hydroxylation is 4. The van der Waals surface area contributed by atoms with Crippen molar-refractivity contribution in [2.75, 3.05) is 5.32 Å². The van der Waals surface area contributed by atoms with E-state index in [1.807, 2.05) is 58.0 Å². The van der Waals surface area contributed by atoms with Crippen LogP contribution in [0.5, 0.6) is 0 Å². The molecule has 0 bridgehead atoms. The maximum Gasteiger partial charge on any atom is 0.256 e. The Morgan fingerprint density at radius 2 is 1.55 bits per heavy atom. The maximum atomic E-state index is 12.5. The summed E-state index contributed by atoms with van der Waals surface area (Å²) in [5.41, 5.74) is 5.88. The van der Waals surface area contributed by atoms with Crippen LogP contribution in [0.3, 0.4) is 0 Å². The van der Waals surface area contributed by atoms with Crippen LogP contribution in [0.1, 0.15) is 32.6 Å². The van der Waals surface area contributed by atoms with Crippen LogP contribution in [0.25, 0.3) is 0 Å². The molecule has 2 aromatic rings. The van der Waals surface area contributed by atoms with Gasteiger partial charge < -0.3 is 5.32 Å². The van der Waals surface area contributed by atoms with Gasteiger partial charge in [-0.1, -0.05) is 23.8 Å². The highest BCUT2D eigenvalue weighted by molar-refractivity contribution is 9.10. The van der Waals surface area contributed by atoms with E-state index in [9.17, 15) is 4.79 Å². The van der Waals surface area contributed by atoms with Crippen molar-refractivity contribution in [2.24, 2.45) is 0 Å². The number of anilines is 1. The lowest BCUT2D eigenvalue weighted by atomic mass is 9.99. The number of hydrogen-bond donors (Lipinski definition) is 1. The van der Waals surface area contributed by atoms with Crippen LogP contribution in [-0.2, 0) is 0 Å². The number of amides is 1. The first kappa shape index (κ1) is 14.8. The van der Waals surface area contributed by atoms with Gasteiger partial charge in [0.15, 0.2) is 0 Å². The molecular formula is C17H18BrNO. The summed E-state index contributed by atoms with van der Waals surface area (Å²) in [4.78, 5) is 12.5. The summed E-state index contributed by atoms with van der Waals surface area (Å²) in [6.07, 6.45) is 0. The largest absolute Gasteiger partial charge is 0.321 e.